The van der Waals surface area contributed by atoms with Crippen LogP contribution in [0.2, 0.25) is 0 Å². The number of hydrogen-bond donors (Lipinski definition) is 0. The first kappa shape index (κ1) is 22.9. The molecule has 1 heterocycles. The average molecular weight is 402 g/mol. The van der Waals surface area contributed by atoms with Crippen molar-refractivity contribution in [3.63, 3.8) is 0 Å². The average Bonchev–Trinajstić information content (AvgIpc) is 2.75. The lowest BCUT2D eigenvalue weighted by Crippen LogP contribution is -2.47. The second-order valence-electron chi connectivity index (χ2n) is 8.18. The van der Waals surface area contributed by atoms with Crippen molar-refractivity contribution in [1.29, 1.82) is 0 Å². The summed E-state index contributed by atoms with van der Waals surface area (Å²) in [5, 5.41) is 0. The Morgan fingerprint density at radius 2 is 1.79 bits per heavy atom. The molecule has 2 unspecified atom stereocenters. The Morgan fingerprint density at radius 1 is 1.14 bits per heavy atom. The maximum atomic E-state index is 13.1. The quantitative estimate of drug-likeness (QED) is 0.706. The molecule has 1 aromatic carbocycles. The Kier molecular flexibility index (Phi) is 8.23. The van der Waals surface area contributed by atoms with Crippen LogP contribution in [-0.2, 0) is 16.1 Å². The Balaban J connectivity index is 2.02. The summed E-state index contributed by atoms with van der Waals surface area (Å²) in [7, 11) is 3.46. The van der Waals surface area contributed by atoms with Gasteiger partial charge in [-0.2, -0.15) is 0 Å². The summed E-state index contributed by atoms with van der Waals surface area (Å²) < 4.78 is 0. The van der Waals surface area contributed by atoms with Crippen molar-refractivity contribution in [3.8, 4) is 0 Å². The Labute approximate surface area is 174 Å². The molecule has 1 saturated heterocycles. The molecule has 1 aromatic rings. The van der Waals surface area contributed by atoms with E-state index in [2.05, 4.69) is 0 Å². The maximum Gasteiger partial charge on any atom is 0.253 e. The molecule has 0 aliphatic carbocycles. The van der Waals surface area contributed by atoms with Gasteiger partial charge in [0.1, 0.15) is 0 Å². The van der Waals surface area contributed by atoms with Gasteiger partial charge in [-0.25, -0.2) is 0 Å². The molecule has 0 N–H and O–H groups in total. The van der Waals surface area contributed by atoms with E-state index in [1.807, 2.05) is 54.8 Å². The molecule has 1 aliphatic rings. The van der Waals surface area contributed by atoms with Gasteiger partial charge in [-0.05, 0) is 43.9 Å². The molecule has 6 heteroatoms. The summed E-state index contributed by atoms with van der Waals surface area (Å²) in [6, 6.07) is 7.44. The number of nitrogens with zero attached hydrogens (tertiary/aromatic N) is 3. The summed E-state index contributed by atoms with van der Waals surface area (Å²) in [5.41, 5.74) is 1.64. The minimum atomic E-state index is -0.133. The minimum Gasteiger partial charge on any atom is -0.345 e. The number of carbonyl (C=O) groups is 3. The second-order valence-corrected chi connectivity index (χ2v) is 8.18. The Hall–Kier alpha value is -2.37. The van der Waals surface area contributed by atoms with E-state index in [4.69, 9.17) is 0 Å². The summed E-state index contributed by atoms with van der Waals surface area (Å²) >= 11 is 0. The lowest BCUT2D eigenvalue weighted by molar-refractivity contribution is -0.142. The lowest BCUT2D eigenvalue weighted by atomic mass is 9.94. The van der Waals surface area contributed by atoms with Crippen molar-refractivity contribution in [2.75, 3.05) is 33.7 Å². The van der Waals surface area contributed by atoms with Gasteiger partial charge < -0.3 is 14.7 Å². The molecule has 0 radical (unpaired) electrons. The minimum absolute atomic E-state index is 0.00882. The first-order valence-electron chi connectivity index (χ1n) is 10.7. The van der Waals surface area contributed by atoms with E-state index in [-0.39, 0.29) is 29.6 Å². The fourth-order valence-electron chi connectivity index (χ4n) is 3.70. The lowest BCUT2D eigenvalue weighted by Gasteiger charge is -2.36. The fraction of sp³-hybridized carbons (Fsp3) is 0.609. The Morgan fingerprint density at radius 3 is 2.34 bits per heavy atom. The highest BCUT2D eigenvalue weighted by molar-refractivity contribution is 5.93. The maximum absolute atomic E-state index is 13.1. The number of carbonyl (C=O) groups excluding carboxylic acids is 3. The molecule has 0 saturated carbocycles. The van der Waals surface area contributed by atoms with E-state index in [0.717, 1.165) is 31.4 Å². The molecule has 2 rings (SSSR count). The fourth-order valence-corrected chi connectivity index (χ4v) is 3.70. The number of rotatable bonds is 7. The van der Waals surface area contributed by atoms with Crippen LogP contribution in [0, 0.1) is 11.8 Å². The van der Waals surface area contributed by atoms with Crippen molar-refractivity contribution in [3.05, 3.63) is 35.4 Å². The third-order valence-corrected chi connectivity index (χ3v) is 5.79. The van der Waals surface area contributed by atoms with Crippen molar-refractivity contribution < 1.29 is 14.4 Å². The second kappa shape index (κ2) is 10.4. The van der Waals surface area contributed by atoms with Crippen LogP contribution in [0.1, 0.15) is 56.0 Å². The topological polar surface area (TPSA) is 60.9 Å². The number of benzene rings is 1. The van der Waals surface area contributed by atoms with Crippen LogP contribution in [0.3, 0.4) is 0 Å². The van der Waals surface area contributed by atoms with Gasteiger partial charge in [0, 0.05) is 51.8 Å². The molecule has 1 fully saturated rings. The monoisotopic (exact) mass is 401 g/mol. The van der Waals surface area contributed by atoms with E-state index in [9.17, 15) is 14.4 Å². The van der Waals surface area contributed by atoms with Crippen LogP contribution in [0.15, 0.2) is 24.3 Å². The zero-order valence-electron chi connectivity index (χ0n) is 18.5. The van der Waals surface area contributed by atoms with Crippen LogP contribution in [-0.4, -0.2) is 66.2 Å². The normalized spacial score (nSPS) is 17.6. The molecule has 29 heavy (non-hydrogen) atoms. The summed E-state index contributed by atoms with van der Waals surface area (Å²) in [6.07, 6.45) is 2.52. The number of piperidine rings is 1. The summed E-state index contributed by atoms with van der Waals surface area (Å²) in [5.74, 6) is 0.117. The molecule has 0 spiro atoms. The van der Waals surface area contributed by atoms with Crippen LogP contribution in [0.5, 0.6) is 0 Å². The van der Waals surface area contributed by atoms with Gasteiger partial charge in [-0.15, -0.1) is 0 Å². The van der Waals surface area contributed by atoms with E-state index in [0.29, 0.717) is 25.2 Å². The van der Waals surface area contributed by atoms with Crippen LogP contribution < -0.4 is 0 Å². The third kappa shape index (κ3) is 5.81. The molecule has 3 amide bonds. The van der Waals surface area contributed by atoms with Gasteiger partial charge in [-0.3, -0.25) is 14.4 Å². The number of hydrogen-bond acceptors (Lipinski definition) is 3. The molecular formula is C23H35N3O3. The van der Waals surface area contributed by atoms with E-state index in [1.165, 1.54) is 0 Å². The summed E-state index contributed by atoms with van der Waals surface area (Å²) in [4.78, 5) is 43.0. The molecular weight excluding hydrogens is 366 g/mol. The SMILES string of the molecule is CCC(C)C(=O)N1CCCC(C(=O)N(CC)Cc2ccc(C(=O)N(C)C)cc2)C1. The van der Waals surface area contributed by atoms with Crippen LogP contribution in [0.4, 0.5) is 0 Å². The summed E-state index contributed by atoms with van der Waals surface area (Å²) in [6.45, 7) is 8.36. The molecule has 0 aromatic heterocycles. The van der Waals surface area contributed by atoms with Crippen LogP contribution >= 0.6 is 0 Å². The highest BCUT2D eigenvalue weighted by Gasteiger charge is 2.32. The smallest absolute Gasteiger partial charge is 0.253 e. The van der Waals surface area contributed by atoms with Gasteiger partial charge in [0.05, 0.1) is 5.92 Å². The van der Waals surface area contributed by atoms with Crippen molar-refractivity contribution in [2.45, 2.75) is 46.6 Å². The molecule has 160 valence electrons. The highest BCUT2D eigenvalue weighted by Crippen LogP contribution is 2.22. The van der Waals surface area contributed by atoms with Crippen LogP contribution in [0.25, 0.3) is 0 Å². The first-order valence-corrected chi connectivity index (χ1v) is 10.7. The highest BCUT2D eigenvalue weighted by atomic mass is 16.2. The molecule has 2 atom stereocenters. The van der Waals surface area contributed by atoms with E-state index in [1.54, 1.807) is 19.0 Å². The van der Waals surface area contributed by atoms with Gasteiger partial charge in [0.2, 0.25) is 11.8 Å². The van der Waals surface area contributed by atoms with E-state index < -0.39 is 0 Å². The molecule has 0 bridgehead atoms. The van der Waals surface area contributed by atoms with Crippen molar-refractivity contribution in [1.82, 2.24) is 14.7 Å². The van der Waals surface area contributed by atoms with Gasteiger partial charge >= 0.3 is 0 Å². The molecule has 6 nitrogen and oxygen atoms in total. The largest absolute Gasteiger partial charge is 0.345 e. The van der Waals surface area contributed by atoms with Gasteiger partial charge in [0.25, 0.3) is 5.91 Å². The predicted molar refractivity (Wildman–Crippen MR) is 114 cm³/mol. The molecule has 1 aliphatic heterocycles. The van der Waals surface area contributed by atoms with E-state index >= 15 is 0 Å². The number of likely N-dealkylation sites (tertiary alicyclic amines) is 1. The first-order chi connectivity index (χ1) is 13.8. The number of amides is 3. The van der Waals surface area contributed by atoms with Gasteiger partial charge in [0.15, 0.2) is 0 Å². The zero-order valence-corrected chi connectivity index (χ0v) is 18.5. The van der Waals surface area contributed by atoms with Crippen molar-refractivity contribution in [2.24, 2.45) is 11.8 Å². The van der Waals surface area contributed by atoms with Crippen molar-refractivity contribution >= 4 is 17.7 Å². The van der Waals surface area contributed by atoms with Gasteiger partial charge in [-0.1, -0.05) is 26.0 Å². The predicted octanol–water partition coefficient (Wildman–Crippen LogP) is 3.02. The standard InChI is InChI=1S/C23H35N3O3/c1-6-17(3)21(27)26-14-8-9-20(16-26)23(29)25(7-2)15-18-10-12-19(13-11-18)22(28)24(4)5/h10-13,17,20H,6-9,14-16H2,1-5H3. The zero-order chi connectivity index (χ0) is 21.6. The Bertz CT molecular complexity index is 715. The third-order valence-electron chi connectivity index (χ3n) is 5.79.